The summed E-state index contributed by atoms with van der Waals surface area (Å²) in [5.41, 5.74) is 1.68. The topological polar surface area (TPSA) is 85.3 Å². The lowest BCUT2D eigenvalue weighted by Gasteiger charge is -2.00. The average molecular weight is 257 g/mol. The van der Waals surface area contributed by atoms with Crippen molar-refractivity contribution in [2.24, 2.45) is 0 Å². The van der Waals surface area contributed by atoms with Crippen LogP contribution in [0.3, 0.4) is 0 Å². The van der Waals surface area contributed by atoms with Gasteiger partial charge in [-0.3, -0.25) is 9.08 Å². The molecule has 0 aliphatic heterocycles. The third-order valence-corrected chi connectivity index (χ3v) is 2.84. The maximum absolute atomic E-state index is 10.9. The number of aryl methyl sites for hydroxylation is 1. The summed E-state index contributed by atoms with van der Waals surface area (Å²) in [5, 5.41) is 13.2. The minimum Gasteiger partial charge on any atom is -0.476 e. The molecule has 0 aliphatic carbocycles. The number of aromatic carboxylic acids is 1. The van der Waals surface area contributed by atoms with Gasteiger partial charge in [0.15, 0.2) is 5.69 Å². The molecule has 3 aromatic heterocycles. The molecule has 0 spiro atoms. The summed E-state index contributed by atoms with van der Waals surface area (Å²) in [6.07, 6.45) is 6.70. The summed E-state index contributed by atoms with van der Waals surface area (Å²) in [4.78, 5) is 19.0. The van der Waals surface area contributed by atoms with Crippen molar-refractivity contribution < 1.29 is 9.90 Å². The number of carboxylic acids is 1. The Kier molecular flexibility index (Phi) is 2.52. The fourth-order valence-corrected chi connectivity index (χ4v) is 1.90. The van der Waals surface area contributed by atoms with E-state index in [4.69, 9.17) is 5.11 Å². The zero-order valence-corrected chi connectivity index (χ0v) is 10.2. The molecule has 0 aromatic carbocycles. The Balaban J connectivity index is 2.20. The summed E-state index contributed by atoms with van der Waals surface area (Å²) >= 11 is 0. The molecule has 3 rings (SSSR count). The van der Waals surface area contributed by atoms with E-state index in [0.717, 1.165) is 17.8 Å². The van der Waals surface area contributed by atoms with Crippen LogP contribution in [0, 0.1) is 0 Å². The van der Waals surface area contributed by atoms with Gasteiger partial charge < -0.3 is 5.11 Å². The predicted molar refractivity (Wildman–Crippen MR) is 66.8 cm³/mol. The quantitative estimate of drug-likeness (QED) is 0.764. The molecule has 19 heavy (non-hydrogen) atoms. The van der Waals surface area contributed by atoms with Gasteiger partial charge in [-0.2, -0.15) is 5.10 Å². The Morgan fingerprint density at radius 1 is 1.42 bits per heavy atom. The summed E-state index contributed by atoms with van der Waals surface area (Å²) in [6.45, 7) is 2.77. The molecule has 0 radical (unpaired) electrons. The number of hydrogen-bond acceptors (Lipinski definition) is 4. The van der Waals surface area contributed by atoms with Crippen LogP contribution in [0.15, 0.2) is 30.9 Å². The fraction of sp³-hybridized carbons (Fsp3) is 0.167. The lowest BCUT2D eigenvalue weighted by atomic mass is 10.2. The molecule has 0 fully saturated rings. The minimum absolute atomic E-state index is 0.0252. The highest BCUT2D eigenvalue weighted by atomic mass is 16.4. The number of nitrogens with zero attached hydrogens (tertiary/aromatic N) is 5. The highest BCUT2D eigenvalue weighted by molar-refractivity contribution is 5.86. The van der Waals surface area contributed by atoms with Crippen molar-refractivity contribution in [1.29, 1.82) is 0 Å². The predicted octanol–water partition coefficient (Wildman–Crippen LogP) is 1.31. The second-order valence-electron chi connectivity index (χ2n) is 4.02. The number of rotatable bonds is 3. The SMILES string of the molecule is CCn1cc(-c2ccnc3nc(C(=O)O)cn23)cn1. The van der Waals surface area contributed by atoms with Gasteiger partial charge in [-0.25, -0.2) is 14.8 Å². The molecule has 0 atom stereocenters. The smallest absolute Gasteiger partial charge is 0.356 e. The molecule has 0 saturated heterocycles. The second-order valence-corrected chi connectivity index (χ2v) is 4.02. The molecule has 3 aromatic rings. The van der Waals surface area contributed by atoms with E-state index in [9.17, 15) is 4.79 Å². The lowest BCUT2D eigenvalue weighted by Crippen LogP contribution is -1.95. The zero-order valence-electron chi connectivity index (χ0n) is 10.2. The van der Waals surface area contributed by atoms with E-state index in [1.807, 2.05) is 13.1 Å². The van der Waals surface area contributed by atoms with Crippen molar-refractivity contribution in [3.63, 3.8) is 0 Å². The van der Waals surface area contributed by atoms with E-state index in [1.54, 1.807) is 27.5 Å². The van der Waals surface area contributed by atoms with Gasteiger partial charge in [-0.1, -0.05) is 0 Å². The summed E-state index contributed by atoms with van der Waals surface area (Å²) in [6, 6.07) is 1.80. The van der Waals surface area contributed by atoms with Crippen molar-refractivity contribution in [3.05, 3.63) is 36.5 Å². The largest absolute Gasteiger partial charge is 0.476 e. The summed E-state index contributed by atoms with van der Waals surface area (Å²) in [5.74, 6) is -0.708. The van der Waals surface area contributed by atoms with Crippen molar-refractivity contribution in [3.8, 4) is 11.3 Å². The van der Waals surface area contributed by atoms with E-state index in [-0.39, 0.29) is 5.69 Å². The molecule has 0 amide bonds. The van der Waals surface area contributed by atoms with Gasteiger partial charge in [0.05, 0.1) is 11.9 Å². The molecule has 3 heterocycles. The highest BCUT2D eigenvalue weighted by Crippen LogP contribution is 2.19. The minimum atomic E-state index is -1.07. The molecule has 7 heteroatoms. The van der Waals surface area contributed by atoms with Crippen LogP contribution in [-0.4, -0.2) is 35.2 Å². The Morgan fingerprint density at radius 3 is 2.95 bits per heavy atom. The van der Waals surface area contributed by atoms with Gasteiger partial charge in [0.1, 0.15) is 0 Å². The van der Waals surface area contributed by atoms with Crippen molar-refractivity contribution in [2.45, 2.75) is 13.5 Å². The van der Waals surface area contributed by atoms with Crippen LogP contribution < -0.4 is 0 Å². The maximum Gasteiger partial charge on any atom is 0.356 e. The van der Waals surface area contributed by atoms with Gasteiger partial charge in [0.2, 0.25) is 5.78 Å². The first kappa shape index (κ1) is 11.4. The summed E-state index contributed by atoms with van der Waals surface area (Å²) in [7, 11) is 0. The highest BCUT2D eigenvalue weighted by Gasteiger charge is 2.13. The Labute approximate surface area is 108 Å². The third-order valence-electron chi connectivity index (χ3n) is 2.84. The van der Waals surface area contributed by atoms with Crippen LogP contribution in [0.1, 0.15) is 17.4 Å². The maximum atomic E-state index is 10.9. The Morgan fingerprint density at radius 2 is 2.26 bits per heavy atom. The molecule has 7 nitrogen and oxygen atoms in total. The molecular formula is C12H11N5O2. The van der Waals surface area contributed by atoms with Gasteiger partial charge in [0, 0.05) is 30.7 Å². The number of hydrogen-bond donors (Lipinski definition) is 1. The number of fused-ring (bicyclic) bond motifs is 1. The van der Waals surface area contributed by atoms with Crippen molar-refractivity contribution in [2.75, 3.05) is 0 Å². The molecule has 0 unspecified atom stereocenters. The standard InChI is InChI=1S/C12H11N5O2/c1-2-16-6-8(5-14-16)10-3-4-13-12-15-9(11(18)19)7-17(10)12/h3-7H,2H2,1H3,(H,18,19). The number of imidazole rings is 1. The number of carbonyl (C=O) groups is 1. The van der Waals surface area contributed by atoms with Gasteiger partial charge in [-0.15, -0.1) is 0 Å². The lowest BCUT2D eigenvalue weighted by molar-refractivity contribution is 0.0691. The second kappa shape index (κ2) is 4.20. The van der Waals surface area contributed by atoms with Crippen LogP contribution in [-0.2, 0) is 6.54 Å². The van der Waals surface area contributed by atoms with Crippen LogP contribution >= 0.6 is 0 Å². The molecule has 0 aliphatic rings. The zero-order chi connectivity index (χ0) is 13.4. The molecule has 0 saturated carbocycles. The molecule has 0 bridgehead atoms. The fourth-order valence-electron chi connectivity index (χ4n) is 1.90. The van der Waals surface area contributed by atoms with E-state index in [2.05, 4.69) is 15.1 Å². The Hall–Kier alpha value is -2.70. The summed E-state index contributed by atoms with van der Waals surface area (Å²) < 4.78 is 3.46. The molecule has 96 valence electrons. The van der Waals surface area contributed by atoms with Crippen molar-refractivity contribution in [1.82, 2.24) is 24.1 Å². The number of carboxylic acid groups (broad SMARTS) is 1. The van der Waals surface area contributed by atoms with E-state index >= 15 is 0 Å². The van der Waals surface area contributed by atoms with Gasteiger partial charge >= 0.3 is 5.97 Å². The normalized spacial score (nSPS) is 11.0. The van der Waals surface area contributed by atoms with E-state index < -0.39 is 5.97 Å². The van der Waals surface area contributed by atoms with E-state index in [1.165, 1.54) is 6.20 Å². The van der Waals surface area contributed by atoms with Gasteiger partial charge in [0.25, 0.3) is 0 Å². The first-order valence-electron chi connectivity index (χ1n) is 5.79. The van der Waals surface area contributed by atoms with Crippen LogP contribution in [0.5, 0.6) is 0 Å². The average Bonchev–Trinajstić information content (AvgIpc) is 3.04. The number of aromatic nitrogens is 5. The molecular weight excluding hydrogens is 246 g/mol. The van der Waals surface area contributed by atoms with Crippen LogP contribution in [0.25, 0.3) is 17.0 Å². The first-order chi connectivity index (χ1) is 9.19. The van der Waals surface area contributed by atoms with Crippen LogP contribution in [0.2, 0.25) is 0 Å². The first-order valence-corrected chi connectivity index (χ1v) is 5.79. The third kappa shape index (κ3) is 1.85. The van der Waals surface area contributed by atoms with E-state index in [0.29, 0.717) is 5.78 Å². The Bertz CT molecular complexity index is 758. The monoisotopic (exact) mass is 257 g/mol. The molecule has 1 N–H and O–H groups in total. The van der Waals surface area contributed by atoms with Gasteiger partial charge in [-0.05, 0) is 13.0 Å². The van der Waals surface area contributed by atoms with Crippen molar-refractivity contribution >= 4 is 11.7 Å². The van der Waals surface area contributed by atoms with Crippen LogP contribution in [0.4, 0.5) is 0 Å².